The molecule has 1 aromatic carbocycles. The van der Waals surface area contributed by atoms with Gasteiger partial charge in [-0.15, -0.1) is 0 Å². The van der Waals surface area contributed by atoms with Crippen molar-refractivity contribution in [3.63, 3.8) is 0 Å². The maximum atomic E-state index is 13.5. The molecule has 0 saturated carbocycles. The molecule has 8 heteroatoms. The number of halogens is 2. The first kappa shape index (κ1) is 15.5. The quantitative estimate of drug-likeness (QED) is 0.885. The third-order valence-electron chi connectivity index (χ3n) is 2.92. The molecule has 2 rings (SSSR count). The van der Waals surface area contributed by atoms with Crippen molar-refractivity contribution in [1.82, 2.24) is 9.88 Å². The molecule has 0 radical (unpaired) electrons. The highest BCUT2D eigenvalue weighted by molar-refractivity contribution is 7.92. The molecule has 2 aromatic rings. The summed E-state index contributed by atoms with van der Waals surface area (Å²) in [6.07, 6.45) is 1.41. The van der Waals surface area contributed by atoms with Gasteiger partial charge in [-0.05, 0) is 25.2 Å². The van der Waals surface area contributed by atoms with Gasteiger partial charge in [0.05, 0.1) is 5.69 Å². The van der Waals surface area contributed by atoms with Gasteiger partial charge in [0.1, 0.15) is 16.5 Å². The molecule has 0 aliphatic heterocycles. The summed E-state index contributed by atoms with van der Waals surface area (Å²) in [6, 6.07) is 4.05. The van der Waals surface area contributed by atoms with Crippen molar-refractivity contribution in [1.29, 1.82) is 0 Å². The number of aromatic nitrogens is 1. The van der Waals surface area contributed by atoms with Crippen LogP contribution >= 0.6 is 0 Å². The summed E-state index contributed by atoms with van der Waals surface area (Å²) in [5, 5.41) is 2.91. The lowest BCUT2D eigenvalue weighted by atomic mass is 10.3. The van der Waals surface area contributed by atoms with Crippen LogP contribution in [0.5, 0.6) is 0 Å². The van der Waals surface area contributed by atoms with Gasteiger partial charge < -0.3 is 9.88 Å². The van der Waals surface area contributed by atoms with Gasteiger partial charge >= 0.3 is 0 Å². The predicted octanol–water partition coefficient (Wildman–Crippen LogP) is 1.82. The van der Waals surface area contributed by atoms with Crippen molar-refractivity contribution in [3.8, 4) is 0 Å². The summed E-state index contributed by atoms with van der Waals surface area (Å²) in [5.74, 6) is -1.57. The smallest absolute Gasteiger partial charge is 0.263 e. The first-order valence-electron chi connectivity index (χ1n) is 6.11. The van der Waals surface area contributed by atoms with Crippen LogP contribution in [0.3, 0.4) is 0 Å². The molecule has 2 N–H and O–H groups in total. The summed E-state index contributed by atoms with van der Waals surface area (Å²) in [5.41, 5.74) is 0.326. The summed E-state index contributed by atoms with van der Waals surface area (Å²) in [6.45, 7) is 0.486. The number of nitrogens with zero attached hydrogens (tertiary/aromatic N) is 1. The second-order valence-corrected chi connectivity index (χ2v) is 6.22. The normalized spacial score (nSPS) is 11.6. The molecule has 1 heterocycles. The number of nitrogens with one attached hydrogen (secondary N) is 2. The molecule has 1 aromatic heterocycles. The Labute approximate surface area is 121 Å². The fourth-order valence-electron chi connectivity index (χ4n) is 1.86. The number of aryl methyl sites for hydroxylation is 1. The van der Waals surface area contributed by atoms with Crippen LogP contribution in [0, 0.1) is 11.6 Å². The number of hydrogen-bond donors (Lipinski definition) is 2. The number of rotatable bonds is 5. The van der Waals surface area contributed by atoms with Crippen LogP contribution in [0.4, 0.5) is 14.5 Å². The van der Waals surface area contributed by atoms with Crippen LogP contribution in [0.15, 0.2) is 35.4 Å². The third-order valence-corrected chi connectivity index (χ3v) is 4.26. The van der Waals surface area contributed by atoms with Gasteiger partial charge in [-0.2, -0.15) is 0 Å². The average molecular weight is 315 g/mol. The number of hydrogen-bond acceptors (Lipinski definition) is 3. The Hall–Kier alpha value is -1.93. The minimum absolute atomic E-state index is 0.0149. The van der Waals surface area contributed by atoms with Gasteiger partial charge in [0.25, 0.3) is 10.0 Å². The molecule has 0 saturated heterocycles. The molecule has 21 heavy (non-hydrogen) atoms. The molecule has 0 aliphatic rings. The van der Waals surface area contributed by atoms with Crippen LogP contribution in [0.1, 0.15) is 5.69 Å². The number of benzene rings is 1. The minimum atomic E-state index is -3.98. The number of anilines is 1. The van der Waals surface area contributed by atoms with Crippen molar-refractivity contribution in [2.45, 2.75) is 11.4 Å². The predicted molar refractivity (Wildman–Crippen MR) is 75.3 cm³/mol. The van der Waals surface area contributed by atoms with Crippen LogP contribution in [-0.4, -0.2) is 20.0 Å². The van der Waals surface area contributed by atoms with Crippen molar-refractivity contribution < 1.29 is 17.2 Å². The van der Waals surface area contributed by atoms with Crippen molar-refractivity contribution in [3.05, 3.63) is 47.8 Å². The highest BCUT2D eigenvalue weighted by Crippen LogP contribution is 2.21. The van der Waals surface area contributed by atoms with E-state index in [1.165, 1.54) is 12.3 Å². The zero-order chi connectivity index (χ0) is 15.6. The van der Waals surface area contributed by atoms with E-state index < -0.39 is 27.3 Å². The maximum Gasteiger partial charge on any atom is 0.263 e. The van der Waals surface area contributed by atoms with E-state index >= 15 is 0 Å². The van der Waals surface area contributed by atoms with E-state index in [4.69, 9.17) is 0 Å². The van der Waals surface area contributed by atoms with Gasteiger partial charge in [0.15, 0.2) is 0 Å². The van der Waals surface area contributed by atoms with Crippen LogP contribution < -0.4 is 10.0 Å². The molecule has 0 fully saturated rings. The molecule has 0 atom stereocenters. The summed E-state index contributed by atoms with van der Waals surface area (Å²) >= 11 is 0. The highest BCUT2D eigenvalue weighted by Gasteiger charge is 2.19. The fourth-order valence-corrected chi connectivity index (χ4v) is 3.01. The fraction of sp³-hybridized carbons (Fsp3) is 0.231. The zero-order valence-electron chi connectivity index (χ0n) is 11.5. The van der Waals surface area contributed by atoms with Crippen LogP contribution in [0.25, 0.3) is 0 Å². The van der Waals surface area contributed by atoms with Gasteiger partial charge in [0, 0.05) is 31.5 Å². The van der Waals surface area contributed by atoms with Crippen molar-refractivity contribution in [2.75, 3.05) is 11.8 Å². The molecule has 0 unspecified atom stereocenters. The summed E-state index contributed by atoms with van der Waals surface area (Å²) in [7, 11) is -0.537. The van der Waals surface area contributed by atoms with E-state index in [1.807, 2.05) is 4.72 Å². The van der Waals surface area contributed by atoms with Crippen LogP contribution in [0.2, 0.25) is 0 Å². The van der Waals surface area contributed by atoms with E-state index in [0.717, 1.165) is 23.9 Å². The third kappa shape index (κ3) is 3.40. The van der Waals surface area contributed by atoms with E-state index in [0.29, 0.717) is 6.54 Å². The maximum absolute atomic E-state index is 13.5. The van der Waals surface area contributed by atoms with E-state index in [-0.39, 0.29) is 4.90 Å². The topological polar surface area (TPSA) is 63.1 Å². The van der Waals surface area contributed by atoms with Crippen molar-refractivity contribution >= 4 is 15.7 Å². The first-order chi connectivity index (χ1) is 9.83. The largest absolute Gasteiger partial charge is 0.352 e. The lowest BCUT2D eigenvalue weighted by Gasteiger charge is -2.07. The Morgan fingerprint density at radius 3 is 2.62 bits per heavy atom. The van der Waals surface area contributed by atoms with E-state index in [2.05, 4.69) is 5.32 Å². The monoisotopic (exact) mass is 315 g/mol. The Kier molecular flexibility index (Phi) is 4.29. The molecular weight excluding hydrogens is 300 g/mol. The van der Waals surface area contributed by atoms with E-state index in [9.17, 15) is 17.2 Å². The first-order valence-corrected chi connectivity index (χ1v) is 7.59. The minimum Gasteiger partial charge on any atom is -0.352 e. The van der Waals surface area contributed by atoms with E-state index in [1.54, 1.807) is 18.7 Å². The standard InChI is InChI=1S/C13H15F2N3O2S/c1-16-7-10-6-11(8-18(10)2)21(19,20)17-13-5-9(14)3-4-12(13)15/h3-6,8,16-17H,7H2,1-2H3. The van der Waals surface area contributed by atoms with Gasteiger partial charge in [-0.25, -0.2) is 17.2 Å². The molecule has 0 aliphatic carbocycles. The van der Waals surface area contributed by atoms with Gasteiger partial charge in [-0.3, -0.25) is 4.72 Å². The molecule has 114 valence electrons. The molecular formula is C13H15F2N3O2S. The van der Waals surface area contributed by atoms with Crippen LogP contribution in [-0.2, 0) is 23.6 Å². The lowest BCUT2D eigenvalue weighted by Crippen LogP contribution is -2.13. The molecule has 0 bridgehead atoms. The average Bonchev–Trinajstić information content (AvgIpc) is 2.77. The second kappa shape index (κ2) is 5.82. The Bertz CT molecular complexity index is 757. The second-order valence-electron chi connectivity index (χ2n) is 4.54. The Morgan fingerprint density at radius 2 is 1.95 bits per heavy atom. The van der Waals surface area contributed by atoms with Gasteiger partial charge in [-0.1, -0.05) is 0 Å². The lowest BCUT2D eigenvalue weighted by molar-refractivity contribution is 0.594. The van der Waals surface area contributed by atoms with Gasteiger partial charge in [0.2, 0.25) is 0 Å². The van der Waals surface area contributed by atoms with Crippen molar-refractivity contribution in [2.24, 2.45) is 7.05 Å². The molecule has 0 spiro atoms. The highest BCUT2D eigenvalue weighted by atomic mass is 32.2. The zero-order valence-corrected chi connectivity index (χ0v) is 12.3. The Balaban J connectivity index is 2.34. The SMILES string of the molecule is CNCc1cc(S(=O)(=O)Nc2cc(F)ccc2F)cn1C. The summed E-state index contributed by atoms with van der Waals surface area (Å²) < 4.78 is 54.7. The summed E-state index contributed by atoms with van der Waals surface area (Å²) in [4.78, 5) is -0.0149. The number of sulfonamides is 1. The molecule has 5 nitrogen and oxygen atoms in total. The Morgan fingerprint density at radius 1 is 1.24 bits per heavy atom. The molecule has 0 amide bonds.